The molecule has 1 aromatic rings. The van der Waals surface area contributed by atoms with Crippen molar-refractivity contribution in [2.24, 2.45) is 11.8 Å². The number of phenols is 1. The van der Waals surface area contributed by atoms with Gasteiger partial charge in [-0.2, -0.15) is 0 Å². The summed E-state index contributed by atoms with van der Waals surface area (Å²) in [6.45, 7) is 6.34. The van der Waals surface area contributed by atoms with Gasteiger partial charge in [0.15, 0.2) is 0 Å². The Morgan fingerprint density at radius 1 is 1.30 bits per heavy atom. The molecule has 3 nitrogen and oxygen atoms in total. The molecular formula is C17H25NO2. The number of amides is 1. The number of carbonyl (C=O) groups is 1. The molecule has 1 amide bonds. The molecule has 20 heavy (non-hydrogen) atoms. The van der Waals surface area contributed by atoms with E-state index >= 15 is 0 Å². The normalized spacial score (nSPS) is 22.8. The quantitative estimate of drug-likeness (QED) is 0.884. The fourth-order valence-corrected chi connectivity index (χ4v) is 3.22. The first-order valence-electron chi connectivity index (χ1n) is 7.59. The van der Waals surface area contributed by atoms with Gasteiger partial charge in [0.25, 0.3) is 5.91 Å². The highest BCUT2D eigenvalue weighted by Crippen LogP contribution is 2.30. The van der Waals surface area contributed by atoms with E-state index in [-0.39, 0.29) is 17.7 Å². The Hall–Kier alpha value is -1.51. The summed E-state index contributed by atoms with van der Waals surface area (Å²) in [7, 11) is 0. The van der Waals surface area contributed by atoms with Crippen LogP contribution in [0.15, 0.2) is 18.2 Å². The van der Waals surface area contributed by atoms with Gasteiger partial charge in [0.2, 0.25) is 0 Å². The second-order valence-corrected chi connectivity index (χ2v) is 6.29. The molecule has 0 spiro atoms. The lowest BCUT2D eigenvalue weighted by Gasteiger charge is -2.35. The molecule has 2 atom stereocenters. The van der Waals surface area contributed by atoms with Crippen LogP contribution in [0.1, 0.15) is 55.5 Å². The fraction of sp³-hybridized carbons (Fsp3) is 0.588. The van der Waals surface area contributed by atoms with Gasteiger partial charge in [-0.15, -0.1) is 0 Å². The average molecular weight is 275 g/mol. The first kappa shape index (κ1) is 14.9. The number of benzene rings is 1. The van der Waals surface area contributed by atoms with Crippen LogP contribution in [0.5, 0.6) is 5.75 Å². The number of aromatic hydroxyl groups is 1. The molecule has 2 unspecified atom stereocenters. The topological polar surface area (TPSA) is 49.3 Å². The van der Waals surface area contributed by atoms with Crippen molar-refractivity contribution >= 4 is 5.91 Å². The van der Waals surface area contributed by atoms with E-state index in [9.17, 15) is 9.90 Å². The Bertz CT molecular complexity index is 482. The molecule has 0 heterocycles. The number of hydrogen-bond acceptors (Lipinski definition) is 2. The Labute approximate surface area is 121 Å². The lowest BCUT2D eigenvalue weighted by atomic mass is 9.78. The van der Waals surface area contributed by atoms with Crippen molar-refractivity contribution in [3.05, 3.63) is 29.3 Å². The molecule has 1 aliphatic carbocycles. The van der Waals surface area contributed by atoms with Crippen molar-refractivity contribution in [3.63, 3.8) is 0 Å². The first-order valence-corrected chi connectivity index (χ1v) is 7.59. The van der Waals surface area contributed by atoms with Crippen molar-refractivity contribution < 1.29 is 9.90 Å². The first-order chi connectivity index (χ1) is 9.49. The fourth-order valence-electron chi connectivity index (χ4n) is 3.22. The van der Waals surface area contributed by atoms with Gasteiger partial charge in [-0.1, -0.05) is 32.8 Å². The second-order valence-electron chi connectivity index (χ2n) is 6.29. The number of hydrogen-bond donors (Lipinski definition) is 2. The predicted molar refractivity (Wildman–Crippen MR) is 80.9 cm³/mol. The number of rotatable bonds is 3. The molecule has 3 heteroatoms. The van der Waals surface area contributed by atoms with Crippen molar-refractivity contribution in [1.29, 1.82) is 0 Å². The highest BCUT2D eigenvalue weighted by Gasteiger charge is 2.29. The van der Waals surface area contributed by atoms with Gasteiger partial charge in [-0.05, 0) is 49.3 Å². The largest absolute Gasteiger partial charge is 0.507 e. The van der Waals surface area contributed by atoms with Crippen LogP contribution in [0.4, 0.5) is 0 Å². The van der Waals surface area contributed by atoms with Crippen LogP contribution in [0, 0.1) is 18.8 Å². The van der Waals surface area contributed by atoms with E-state index in [2.05, 4.69) is 19.2 Å². The third-order valence-corrected chi connectivity index (χ3v) is 4.39. The summed E-state index contributed by atoms with van der Waals surface area (Å²) in [5, 5.41) is 13.0. The summed E-state index contributed by atoms with van der Waals surface area (Å²) in [6.07, 6.45) is 4.66. The molecule has 1 saturated carbocycles. The molecule has 0 saturated heterocycles. The van der Waals surface area contributed by atoms with Gasteiger partial charge in [0.05, 0.1) is 5.56 Å². The second kappa shape index (κ2) is 6.29. The van der Waals surface area contributed by atoms with E-state index in [1.807, 2.05) is 13.0 Å². The average Bonchev–Trinajstić information content (AvgIpc) is 2.38. The van der Waals surface area contributed by atoms with Gasteiger partial charge in [-0.25, -0.2) is 0 Å². The van der Waals surface area contributed by atoms with Crippen LogP contribution in [-0.2, 0) is 0 Å². The highest BCUT2D eigenvalue weighted by molar-refractivity contribution is 5.97. The zero-order valence-electron chi connectivity index (χ0n) is 12.6. The molecule has 110 valence electrons. The zero-order valence-corrected chi connectivity index (χ0v) is 12.6. The van der Waals surface area contributed by atoms with Gasteiger partial charge in [0, 0.05) is 6.04 Å². The van der Waals surface area contributed by atoms with Crippen LogP contribution in [0.3, 0.4) is 0 Å². The van der Waals surface area contributed by atoms with Gasteiger partial charge in [0.1, 0.15) is 5.75 Å². The summed E-state index contributed by atoms with van der Waals surface area (Å²) in [5.41, 5.74) is 1.33. The van der Waals surface area contributed by atoms with Crippen LogP contribution >= 0.6 is 0 Å². The molecule has 0 radical (unpaired) electrons. The molecule has 0 aromatic heterocycles. The van der Waals surface area contributed by atoms with Crippen LogP contribution in [0.25, 0.3) is 0 Å². The van der Waals surface area contributed by atoms with Gasteiger partial charge in [-0.3, -0.25) is 4.79 Å². The van der Waals surface area contributed by atoms with Crippen molar-refractivity contribution in [2.75, 3.05) is 0 Å². The minimum absolute atomic E-state index is 0.0689. The monoisotopic (exact) mass is 275 g/mol. The van der Waals surface area contributed by atoms with Gasteiger partial charge < -0.3 is 10.4 Å². The smallest absolute Gasteiger partial charge is 0.255 e. The molecule has 2 rings (SSSR count). The Morgan fingerprint density at radius 3 is 2.65 bits per heavy atom. The molecule has 0 aliphatic heterocycles. The van der Waals surface area contributed by atoms with Gasteiger partial charge >= 0.3 is 0 Å². The van der Waals surface area contributed by atoms with E-state index in [0.717, 1.165) is 12.0 Å². The lowest BCUT2D eigenvalue weighted by Crippen LogP contribution is -2.43. The third-order valence-electron chi connectivity index (χ3n) is 4.39. The number of aryl methyl sites for hydroxylation is 1. The maximum Gasteiger partial charge on any atom is 0.255 e. The summed E-state index contributed by atoms with van der Waals surface area (Å²) < 4.78 is 0. The molecular weight excluding hydrogens is 250 g/mol. The maximum atomic E-state index is 12.3. The van der Waals surface area contributed by atoms with Crippen LogP contribution in [0.2, 0.25) is 0 Å². The van der Waals surface area contributed by atoms with Crippen molar-refractivity contribution in [1.82, 2.24) is 5.32 Å². The third kappa shape index (κ3) is 3.33. The Balaban J connectivity index is 2.09. The molecule has 1 aromatic carbocycles. The van der Waals surface area contributed by atoms with Crippen molar-refractivity contribution in [2.45, 2.75) is 52.5 Å². The summed E-state index contributed by atoms with van der Waals surface area (Å²) in [5.74, 6) is 1.03. The van der Waals surface area contributed by atoms with E-state index in [1.165, 1.54) is 19.3 Å². The minimum Gasteiger partial charge on any atom is -0.507 e. The SMILES string of the molecule is Cc1ccc(C(=O)NC2CCCCC2C(C)C)c(O)c1. The standard InChI is InChI=1S/C17H25NO2/c1-11(2)13-6-4-5-7-15(13)18-17(20)14-9-8-12(3)10-16(14)19/h8-11,13,15,19H,4-7H2,1-3H3,(H,18,20). The van der Waals surface area contributed by atoms with E-state index in [1.54, 1.807) is 12.1 Å². The zero-order chi connectivity index (χ0) is 14.7. The van der Waals surface area contributed by atoms with Crippen molar-refractivity contribution in [3.8, 4) is 5.75 Å². The predicted octanol–water partition coefficient (Wildman–Crippen LogP) is 3.65. The summed E-state index contributed by atoms with van der Waals surface area (Å²) >= 11 is 0. The molecule has 0 bridgehead atoms. The van der Waals surface area contributed by atoms with Crippen LogP contribution in [-0.4, -0.2) is 17.1 Å². The number of phenolic OH excluding ortho intramolecular Hbond substituents is 1. The van der Waals surface area contributed by atoms with Crippen LogP contribution < -0.4 is 5.32 Å². The number of carbonyl (C=O) groups excluding carboxylic acids is 1. The number of nitrogens with one attached hydrogen (secondary N) is 1. The Morgan fingerprint density at radius 2 is 2.00 bits per heavy atom. The van der Waals surface area contributed by atoms with E-state index in [4.69, 9.17) is 0 Å². The molecule has 1 fully saturated rings. The molecule has 2 N–H and O–H groups in total. The lowest BCUT2D eigenvalue weighted by molar-refractivity contribution is 0.0886. The summed E-state index contributed by atoms with van der Waals surface area (Å²) in [4.78, 5) is 12.3. The highest BCUT2D eigenvalue weighted by atomic mass is 16.3. The van der Waals surface area contributed by atoms with E-state index < -0.39 is 0 Å². The minimum atomic E-state index is -0.153. The maximum absolute atomic E-state index is 12.3. The Kier molecular flexibility index (Phi) is 4.69. The molecule has 1 aliphatic rings. The summed E-state index contributed by atoms with van der Waals surface area (Å²) in [6, 6.07) is 5.43. The van der Waals surface area contributed by atoms with E-state index in [0.29, 0.717) is 17.4 Å².